The largest absolute Gasteiger partial charge is 0.696 e. The number of likely N-dealkylation sites (tertiary alicyclic amines) is 1. The highest BCUT2D eigenvalue weighted by atomic mass is 31.1. The van der Waals surface area contributed by atoms with Crippen LogP contribution in [0.4, 0.5) is 0 Å². The molecule has 4 N–H and O–H groups in total. The molecule has 6 atom stereocenters. The topological polar surface area (TPSA) is 122 Å². The van der Waals surface area contributed by atoms with Crippen molar-refractivity contribution >= 4 is 20.1 Å². The molecule has 154 valence electrons. The molecule has 2 fully saturated rings. The number of rotatable bonds is 7. The number of amides is 2. The third kappa shape index (κ3) is 4.50. The molecule has 0 aromatic rings. The van der Waals surface area contributed by atoms with Crippen LogP contribution in [-0.4, -0.2) is 46.0 Å². The minimum absolute atomic E-state index is 0.00540. The van der Waals surface area contributed by atoms with Gasteiger partial charge in [-0.1, -0.05) is 52.5 Å². The molecule has 27 heavy (non-hydrogen) atoms. The van der Waals surface area contributed by atoms with Gasteiger partial charge in [-0.15, -0.1) is 4.89 Å². The summed E-state index contributed by atoms with van der Waals surface area (Å²) in [5.41, 5.74) is 5.75. The van der Waals surface area contributed by atoms with Gasteiger partial charge in [0.2, 0.25) is 11.8 Å². The number of nitrogens with two attached hydrogens (primary N) is 1. The minimum Gasteiger partial charge on any atom is -0.325 e. The molecule has 1 aliphatic carbocycles. The van der Waals surface area contributed by atoms with Crippen LogP contribution < -0.4 is 11.1 Å². The summed E-state index contributed by atoms with van der Waals surface area (Å²) >= 11 is 0. The van der Waals surface area contributed by atoms with Gasteiger partial charge in [-0.05, 0) is 29.6 Å². The molecular formula is C18H33N3O5P+. The van der Waals surface area contributed by atoms with Gasteiger partial charge in [-0.3, -0.25) is 9.59 Å². The molecule has 1 aliphatic heterocycles. The van der Waals surface area contributed by atoms with Crippen LogP contribution in [-0.2, 0) is 18.7 Å². The van der Waals surface area contributed by atoms with E-state index in [0.717, 1.165) is 0 Å². The molecular weight excluding hydrogens is 369 g/mol. The molecule has 9 heteroatoms. The average Bonchev–Trinajstić information content (AvgIpc) is 2.90. The van der Waals surface area contributed by atoms with Crippen LogP contribution >= 0.6 is 8.25 Å². The molecule has 2 aliphatic rings. The molecule has 8 nitrogen and oxygen atoms in total. The van der Waals surface area contributed by atoms with Crippen molar-refractivity contribution in [3.63, 3.8) is 0 Å². The van der Waals surface area contributed by atoms with Gasteiger partial charge < -0.3 is 16.0 Å². The van der Waals surface area contributed by atoms with Crippen LogP contribution in [0.15, 0.2) is 0 Å². The molecule has 2 unspecified atom stereocenters. The van der Waals surface area contributed by atoms with Crippen LogP contribution in [0.25, 0.3) is 0 Å². The fourth-order valence-electron chi connectivity index (χ4n) is 4.08. The van der Waals surface area contributed by atoms with Gasteiger partial charge in [0, 0.05) is 10.6 Å². The fraction of sp³-hybridized carbons (Fsp3) is 0.889. The first kappa shape index (κ1) is 22.2. The molecule has 0 aromatic heterocycles. The molecule has 0 radical (unpaired) electrons. The van der Waals surface area contributed by atoms with Gasteiger partial charge >= 0.3 is 8.25 Å². The highest BCUT2D eigenvalue weighted by molar-refractivity contribution is 7.32. The number of piperidine rings is 1. The quantitative estimate of drug-likeness (QED) is 0.442. The normalized spacial score (nSPS) is 29.0. The third-order valence-electron chi connectivity index (χ3n) is 5.93. The summed E-state index contributed by atoms with van der Waals surface area (Å²) in [6.07, 6.45) is 0.799. The monoisotopic (exact) mass is 402 g/mol. The van der Waals surface area contributed by atoms with E-state index in [4.69, 9.17) is 15.2 Å². The zero-order valence-electron chi connectivity index (χ0n) is 17.1. The Morgan fingerprint density at radius 1 is 1.41 bits per heavy atom. The zero-order valence-corrected chi connectivity index (χ0v) is 18.0. The van der Waals surface area contributed by atoms with E-state index in [1.807, 2.05) is 27.7 Å². The molecule has 2 amide bonds. The van der Waals surface area contributed by atoms with E-state index < -0.39 is 32.0 Å². The Bertz CT molecular complexity index is 619. The second-order valence-electron chi connectivity index (χ2n) is 9.34. The predicted octanol–water partition coefficient (Wildman–Crippen LogP) is 1.89. The second-order valence-corrected chi connectivity index (χ2v) is 10.0. The Hall–Kier alpha value is -1.08. The van der Waals surface area contributed by atoms with Crippen LogP contribution in [0.1, 0.15) is 60.8 Å². The lowest BCUT2D eigenvalue weighted by Crippen LogP contribution is -2.58. The Morgan fingerprint density at radius 3 is 2.48 bits per heavy atom. The lowest BCUT2D eigenvalue weighted by molar-refractivity contribution is -0.144. The Labute approximate surface area is 162 Å². The number of nitrogens with zero attached hydrogens (tertiary/aromatic N) is 1. The summed E-state index contributed by atoms with van der Waals surface area (Å²) in [5.74, 6) is -0.325. The summed E-state index contributed by atoms with van der Waals surface area (Å²) in [7, 11) is -2.82. The summed E-state index contributed by atoms with van der Waals surface area (Å²) in [4.78, 5) is 36.7. The number of carbonyl (C=O) groups excluding carboxylic acids is 2. The summed E-state index contributed by atoms with van der Waals surface area (Å²) in [5, 5.41) is 2.68. The van der Waals surface area contributed by atoms with Crippen molar-refractivity contribution in [3.05, 3.63) is 0 Å². The summed E-state index contributed by atoms with van der Waals surface area (Å²) < 4.78 is 15.9. The molecule has 0 spiro atoms. The van der Waals surface area contributed by atoms with Gasteiger partial charge in [0.05, 0.1) is 6.04 Å². The van der Waals surface area contributed by atoms with Crippen molar-refractivity contribution in [3.8, 4) is 0 Å². The maximum Gasteiger partial charge on any atom is 0.696 e. The minimum atomic E-state index is -2.82. The lowest BCUT2D eigenvalue weighted by atomic mass is 9.86. The van der Waals surface area contributed by atoms with Crippen molar-refractivity contribution in [1.82, 2.24) is 10.2 Å². The number of hydrogen-bond donors (Lipinski definition) is 3. The highest BCUT2D eigenvalue weighted by Gasteiger charge is 2.69. The molecule has 0 aromatic carbocycles. The maximum atomic E-state index is 13.1. The summed E-state index contributed by atoms with van der Waals surface area (Å²) in [6.45, 7) is 11.8. The van der Waals surface area contributed by atoms with E-state index in [-0.39, 0.29) is 29.2 Å². The van der Waals surface area contributed by atoms with E-state index >= 15 is 0 Å². The van der Waals surface area contributed by atoms with Crippen molar-refractivity contribution < 1.29 is 23.6 Å². The van der Waals surface area contributed by atoms with Crippen molar-refractivity contribution in [2.24, 2.45) is 22.5 Å². The van der Waals surface area contributed by atoms with Gasteiger partial charge in [0.25, 0.3) is 0 Å². The standard InChI is InChI=1S/C18H32N3O5P/c1-7-8-12(26-27(24)25)20-15(22)11-9-10-14(18(10,5)6)21(11)16(23)13(19)17(2,3)4/h10-14H,7-9,19H2,1-6H3,(H-,20,22,24,25)/p+1/t10-,11-,12?,13+,14+/m0/s1. The third-order valence-corrected chi connectivity index (χ3v) is 6.37. The fourth-order valence-corrected chi connectivity index (χ4v) is 4.46. The van der Waals surface area contributed by atoms with E-state index in [1.165, 1.54) is 0 Å². The number of nitrogens with one attached hydrogen (secondary N) is 1. The predicted molar refractivity (Wildman–Crippen MR) is 101 cm³/mol. The first-order valence-electron chi connectivity index (χ1n) is 9.53. The van der Waals surface area contributed by atoms with E-state index in [2.05, 4.69) is 19.2 Å². The molecule has 2 rings (SSSR count). The molecule has 1 heterocycles. The van der Waals surface area contributed by atoms with E-state index in [0.29, 0.717) is 19.3 Å². The first-order valence-corrected chi connectivity index (χ1v) is 10.7. The summed E-state index contributed by atoms with van der Waals surface area (Å²) in [6, 6.07) is -1.35. The smallest absolute Gasteiger partial charge is 0.325 e. The zero-order chi connectivity index (χ0) is 20.7. The first-order chi connectivity index (χ1) is 12.3. The lowest BCUT2D eigenvalue weighted by Gasteiger charge is -2.36. The van der Waals surface area contributed by atoms with Gasteiger partial charge in [0.1, 0.15) is 6.04 Å². The number of hydrogen-bond acceptors (Lipinski definition) is 5. The van der Waals surface area contributed by atoms with Crippen LogP contribution in [0, 0.1) is 16.7 Å². The van der Waals surface area contributed by atoms with E-state index in [9.17, 15) is 14.2 Å². The SMILES string of the molecule is CCCC(NC(=O)[C@@H]1C[C@H]2[C@@H](N1C(=O)[C@@H](N)C(C)(C)C)C2(C)C)O[P+](=O)O. The van der Waals surface area contributed by atoms with Crippen molar-refractivity contribution in [2.45, 2.75) is 85.2 Å². The Kier molecular flexibility index (Phi) is 6.37. The maximum absolute atomic E-state index is 13.1. The molecule has 0 bridgehead atoms. The van der Waals surface area contributed by atoms with Gasteiger partial charge in [-0.2, -0.15) is 0 Å². The highest BCUT2D eigenvalue weighted by Crippen LogP contribution is 2.62. The second kappa shape index (κ2) is 7.74. The average molecular weight is 402 g/mol. The Morgan fingerprint density at radius 2 is 2.00 bits per heavy atom. The molecule has 1 saturated heterocycles. The van der Waals surface area contributed by atoms with Gasteiger partial charge in [0.15, 0.2) is 6.23 Å². The Balaban J connectivity index is 2.18. The number of fused-ring (bicyclic) bond motifs is 1. The molecule has 1 saturated carbocycles. The van der Waals surface area contributed by atoms with Crippen molar-refractivity contribution in [1.29, 1.82) is 0 Å². The van der Waals surface area contributed by atoms with Crippen LogP contribution in [0.2, 0.25) is 0 Å². The van der Waals surface area contributed by atoms with Gasteiger partial charge in [-0.25, -0.2) is 0 Å². The van der Waals surface area contributed by atoms with E-state index in [1.54, 1.807) is 4.90 Å². The van der Waals surface area contributed by atoms with Crippen molar-refractivity contribution in [2.75, 3.05) is 0 Å². The number of carbonyl (C=O) groups is 2. The van der Waals surface area contributed by atoms with Crippen LogP contribution in [0.5, 0.6) is 0 Å². The van der Waals surface area contributed by atoms with Crippen LogP contribution in [0.3, 0.4) is 0 Å².